The first-order valence-electron chi connectivity index (χ1n) is 15.1. The van der Waals surface area contributed by atoms with Crippen molar-refractivity contribution in [2.24, 2.45) is 7.05 Å². The van der Waals surface area contributed by atoms with Crippen LogP contribution in [0.4, 0.5) is 4.79 Å². The molecule has 5 rings (SSSR count). The van der Waals surface area contributed by atoms with Crippen molar-refractivity contribution in [2.75, 3.05) is 46.5 Å². The van der Waals surface area contributed by atoms with Gasteiger partial charge in [-0.2, -0.15) is 5.10 Å². The number of aromatic nitrogens is 2. The molecule has 13 nitrogen and oxygen atoms in total. The van der Waals surface area contributed by atoms with Crippen molar-refractivity contribution < 1.29 is 33.3 Å². The molecule has 0 radical (unpaired) electrons. The van der Waals surface area contributed by atoms with Crippen LogP contribution in [0.25, 0.3) is 0 Å². The number of nitrogens with one attached hydrogen (secondary N) is 3. The number of carbonyl (C=O) groups excluding carboxylic acids is 3. The minimum Gasteiger partial charge on any atom is -0.491 e. The van der Waals surface area contributed by atoms with Crippen LogP contribution in [0.15, 0.2) is 54.9 Å². The van der Waals surface area contributed by atoms with Crippen LogP contribution in [-0.4, -0.2) is 91.2 Å². The highest BCUT2D eigenvalue weighted by Crippen LogP contribution is 2.29. The van der Waals surface area contributed by atoms with Crippen molar-refractivity contribution >= 4 is 17.8 Å². The van der Waals surface area contributed by atoms with Crippen molar-refractivity contribution in [1.82, 2.24) is 30.6 Å². The van der Waals surface area contributed by atoms with Gasteiger partial charge in [-0.05, 0) is 48.2 Å². The Labute approximate surface area is 262 Å². The number of aryl methyl sites for hydroxylation is 2. The molecule has 1 aromatic heterocycles. The normalized spacial score (nSPS) is 19.1. The molecule has 1 saturated heterocycles. The van der Waals surface area contributed by atoms with Gasteiger partial charge in [0.2, 0.25) is 5.91 Å². The second kappa shape index (κ2) is 15.4. The number of rotatable bonds is 7. The van der Waals surface area contributed by atoms with E-state index < -0.39 is 6.10 Å². The average molecular weight is 621 g/mol. The Kier molecular flexibility index (Phi) is 10.9. The van der Waals surface area contributed by atoms with Gasteiger partial charge in [-0.15, -0.1) is 0 Å². The van der Waals surface area contributed by atoms with Gasteiger partial charge >= 0.3 is 6.03 Å². The number of amides is 4. The molecule has 0 aliphatic carbocycles. The fraction of sp³-hybridized carbons (Fsp3) is 0.438. The van der Waals surface area contributed by atoms with Crippen LogP contribution in [-0.2, 0) is 34.3 Å². The molecule has 240 valence electrons. The van der Waals surface area contributed by atoms with Gasteiger partial charge in [0.15, 0.2) is 0 Å². The first-order valence-corrected chi connectivity index (χ1v) is 15.1. The van der Waals surface area contributed by atoms with Crippen LogP contribution in [0.2, 0.25) is 0 Å². The van der Waals surface area contributed by atoms with Crippen LogP contribution in [0.3, 0.4) is 0 Å². The highest BCUT2D eigenvalue weighted by Gasteiger charge is 2.33. The molecule has 4 amide bonds. The van der Waals surface area contributed by atoms with Gasteiger partial charge in [0.1, 0.15) is 23.9 Å². The lowest BCUT2D eigenvalue weighted by Crippen LogP contribution is -2.58. The molecule has 0 spiro atoms. The summed E-state index contributed by atoms with van der Waals surface area (Å²) in [6.45, 7) is 2.22. The fourth-order valence-corrected chi connectivity index (χ4v) is 5.29. The average Bonchev–Trinajstić information content (AvgIpc) is 3.46. The third kappa shape index (κ3) is 9.19. The smallest absolute Gasteiger partial charge is 0.315 e. The van der Waals surface area contributed by atoms with Gasteiger partial charge in [0.25, 0.3) is 5.91 Å². The van der Waals surface area contributed by atoms with Gasteiger partial charge in [0, 0.05) is 64.6 Å². The Hall–Kier alpha value is -4.62. The molecule has 1 fully saturated rings. The summed E-state index contributed by atoms with van der Waals surface area (Å²) in [6.07, 6.45) is 4.76. The van der Waals surface area contributed by atoms with Crippen molar-refractivity contribution in [3.05, 3.63) is 71.5 Å². The zero-order valence-electron chi connectivity index (χ0n) is 25.6. The van der Waals surface area contributed by atoms with E-state index in [1.165, 1.54) is 0 Å². The van der Waals surface area contributed by atoms with E-state index in [2.05, 4.69) is 21.0 Å². The summed E-state index contributed by atoms with van der Waals surface area (Å²) in [4.78, 5) is 40.7. The first-order chi connectivity index (χ1) is 21.9. The predicted molar refractivity (Wildman–Crippen MR) is 164 cm³/mol. The Bertz CT molecular complexity index is 1480. The SMILES string of the molecule is COCCOc1cc2cc(c1)C(=O)NCCNC(=O)N[C@H]1CCN(C(=O)CCc3cnn(C)c3)C[C@@H]1OCc1cccc(c1)O2. The second-order valence-corrected chi connectivity index (χ2v) is 11.0. The molecular weight excluding hydrogens is 580 g/mol. The van der Waals surface area contributed by atoms with Crippen LogP contribution in [0, 0.1) is 0 Å². The third-order valence-corrected chi connectivity index (χ3v) is 7.61. The van der Waals surface area contributed by atoms with Crippen molar-refractivity contribution in [1.29, 1.82) is 0 Å². The molecule has 2 aliphatic heterocycles. The first kappa shape index (κ1) is 31.8. The molecular formula is C32H40N6O7. The zero-order chi connectivity index (χ0) is 31.6. The Balaban J connectivity index is 1.31. The Morgan fingerprint density at radius 3 is 2.78 bits per heavy atom. The Morgan fingerprint density at radius 1 is 1.09 bits per heavy atom. The summed E-state index contributed by atoms with van der Waals surface area (Å²) in [6, 6.07) is 11.8. The molecule has 3 aromatic rings. The summed E-state index contributed by atoms with van der Waals surface area (Å²) < 4.78 is 25.1. The second-order valence-electron chi connectivity index (χ2n) is 11.0. The maximum Gasteiger partial charge on any atom is 0.315 e. The van der Waals surface area contributed by atoms with E-state index in [4.69, 9.17) is 18.9 Å². The number of methoxy groups -OCH3 is 1. The molecule has 2 aromatic carbocycles. The number of hydrogen-bond donors (Lipinski definition) is 3. The highest BCUT2D eigenvalue weighted by molar-refractivity contribution is 5.95. The molecule has 4 bridgehead atoms. The predicted octanol–water partition coefficient (Wildman–Crippen LogP) is 2.40. The summed E-state index contributed by atoms with van der Waals surface area (Å²) in [5.41, 5.74) is 2.21. The largest absolute Gasteiger partial charge is 0.491 e. The maximum atomic E-state index is 13.1. The maximum absolute atomic E-state index is 13.1. The minimum absolute atomic E-state index is 0.0312. The number of benzene rings is 2. The number of urea groups is 1. The van der Waals surface area contributed by atoms with E-state index >= 15 is 0 Å². The van der Waals surface area contributed by atoms with Crippen molar-refractivity contribution in [3.8, 4) is 17.2 Å². The molecule has 13 heteroatoms. The quantitative estimate of drug-likeness (QED) is 0.342. The van der Waals surface area contributed by atoms with Gasteiger partial charge in [-0.1, -0.05) is 12.1 Å². The van der Waals surface area contributed by atoms with E-state index in [9.17, 15) is 14.4 Å². The van der Waals surface area contributed by atoms with Gasteiger partial charge in [-0.25, -0.2) is 4.79 Å². The van der Waals surface area contributed by atoms with Gasteiger partial charge in [-0.3, -0.25) is 14.3 Å². The molecule has 2 aliphatic rings. The monoisotopic (exact) mass is 620 g/mol. The van der Waals surface area contributed by atoms with E-state index in [-0.39, 0.29) is 43.6 Å². The van der Waals surface area contributed by atoms with Crippen molar-refractivity contribution in [2.45, 2.75) is 38.0 Å². The van der Waals surface area contributed by atoms with Gasteiger partial charge < -0.3 is 39.8 Å². The molecule has 0 unspecified atom stereocenters. The molecule has 3 N–H and O–H groups in total. The lowest BCUT2D eigenvalue weighted by Gasteiger charge is -2.38. The van der Waals surface area contributed by atoms with Crippen LogP contribution < -0.4 is 25.4 Å². The number of likely N-dealkylation sites (tertiary alicyclic amines) is 1. The molecule has 0 saturated carbocycles. The minimum atomic E-state index is -0.432. The lowest BCUT2D eigenvalue weighted by molar-refractivity contribution is -0.136. The molecule has 3 heterocycles. The molecule has 2 atom stereocenters. The Morgan fingerprint density at radius 2 is 1.96 bits per heavy atom. The van der Waals surface area contributed by atoms with E-state index in [0.717, 1.165) is 11.1 Å². The third-order valence-electron chi connectivity index (χ3n) is 7.61. The number of nitrogens with zero attached hydrogens (tertiary/aromatic N) is 3. The van der Waals surface area contributed by atoms with E-state index in [1.807, 2.05) is 37.5 Å². The zero-order valence-corrected chi connectivity index (χ0v) is 25.6. The number of piperidine rings is 1. The number of carbonyl (C=O) groups is 3. The van der Waals surface area contributed by atoms with Crippen LogP contribution in [0.5, 0.6) is 17.2 Å². The van der Waals surface area contributed by atoms with Crippen LogP contribution in [0.1, 0.15) is 34.3 Å². The number of ether oxygens (including phenoxy) is 4. The summed E-state index contributed by atoms with van der Waals surface area (Å²) >= 11 is 0. The van der Waals surface area contributed by atoms with Crippen LogP contribution >= 0.6 is 0 Å². The number of hydrogen-bond acceptors (Lipinski definition) is 8. The van der Waals surface area contributed by atoms with Crippen molar-refractivity contribution in [3.63, 3.8) is 0 Å². The lowest BCUT2D eigenvalue weighted by atomic mass is 10.0. The fourth-order valence-electron chi connectivity index (χ4n) is 5.29. The highest BCUT2D eigenvalue weighted by atomic mass is 16.5. The van der Waals surface area contributed by atoms with E-state index in [0.29, 0.717) is 68.4 Å². The summed E-state index contributed by atoms with van der Waals surface area (Å²) in [5, 5.41) is 12.8. The topological polar surface area (TPSA) is 145 Å². The van der Waals surface area contributed by atoms with E-state index in [1.54, 1.807) is 41.1 Å². The summed E-state index contributed by atoms with van der Waals surface area (Å²) in [5.74, 6) is 1.15. The molecule has 45 heavy (non-hydrogen) atoms. The summed E-state index contributed by atoms with van der Waals surface area (Å²) in [7, 11) is 3.43. The van der Waals surface area contributed by atoms with Gasteiger partial charge in [0.05, 0.1) is 31.6 Å². The standard InChI is InChI=1S/C32H40N6O7/c1-37-19-23(18-35-37)6-7-30(39)38-11-8-28-29(20-38)44-21-22-4-3-5-25(14-22)45-27-16-24(15-26(17-27)43-13-12-42-2)31(40)33-9-10-34-32(41)36-28/h3-5,14-19,28-29H,6-13,20-21H2,1-2H3,(H,33,40)(H2,34,36,41)/t28-,29-/m0/s1. The number of fused-ring (bicyclic) bond motifs is 5.